The summed E-state index contributed by atoms with van der Waals surface area (Å²) < 4.78 is 22.4. The van der Waals surface area contributed by atoms with Gasteiger partial charge in [-0.1, -0.05) is 84.5 Å². The second kappa shape index (κ2) is 22.6. The van der Waals surface area contributed by atoms with Gasteiger partial charge in [0.2, 0.25) is 5.91 Å². The monoisotopic (exact) mass is 667 g/mol. The van der Waals surface area contributed by atoms with Crippen LogP contribution in [0, 0.1) is 0 Å². The first-order chi connectivity index (χ1) is 22.1. The van der Waals surface area contributed by atoms with Crippen molar-refractivity contribution in [1.82, 2.24) is 5.32 Å². The Morgan fingerprint density at radius 3 is 1.85 bits per heavy atom. The number of carbonyl (C=O) groups excluding carboxylic acids is 1. The number of amides is 1. The molecule has 0 aromatic carbocycles. The Labute approximate surface area is 273 Å². The molecule has 46 heavy (non-hydrogen) atoms. The normalized spacial score (nSPS) is 33.1. The molecule has 2 aliphatic heterocycles. The van der Waals surface area contributed by atoms with Crippen LogP contribution in [0.1, 0.15) is 104 Å². The van der Waals surface area contributed by atoms with E-state index in [9.17, 15) is 45.6 Å². The van der Waals surface area contributed by atoms with Crippen LogP contribution in [0.5, 0.6) is 0 Å². The highest BCUT2D eigenvalue weighted by Crippen LogP contribution is 2.29. The van der Waals surface area contributed by atoms with Gasteiger partial charge in [-0.15, -0.1) is 0 Å². The van der Waals surface area contributed by atoms with Crippen LogP contribution in [0.15, 0.2) is 0 Å². The van der Waals surface area contributed by atoms with Crippen molar-refractivity contribution in [1.29, 1.82) is 0 Å². The molecule has 14 heteroatoms. The molecule has 12 unspecified atom stereocenters. The fourth-order valence-electron chi connectivity index (χ4n) is 5.82. The molecule has 2 saturated heterocycles. The van der Waals surface area contributed by atoms with Crippen LogP contribution in [-0.4, -0.2) is 140 Å². The lowest BCUT2D eigenvalue weighted by Crippen LogP contribution is -2.65. The maximum absolute atomic E-state index is 12.8. The predicted octanol–water partition coefficient (Wildman–Crippen LogP) is -0.0260. The van der Waals surface area contributed by atoms with Gasteiger partial charge in [0.05, 0.1) is 32.0 Å². The van der Waals surface area contributed by atoms with Crippen LogP contribution in [0.4, 0.5) is 0 Å². The standard InChI is InChI=1S/C32H61NO13/c1-3-5-7-9-10-12-14-16-24(37)33-20(21(36)15-13-11-8-6-4-2)19-43-31-29(42)27(40)30(23(18-35)45-31)46-32-28(41)26(39)25(38)22(17-34)44-32/h20-23,25-32,34-36,38-42H,3-19H2,1-2H3,(H,33,37). The van der Waals surface area contributed by atoms with E-state index in [1.807, 2.05) is 0 Å². The zero-order valence-electron chi connectivity index (χ0n) is 27.6. The Morgan fingerprint density at radius 1 is 0.696 bits per heavy atom. The highest BCUT2D eigenvalue weighted by Gasteiger charge is 2.50. The molecular weight excluding hydrogens is 606 g/mol. The summed E-state index contributed by atoms with van der Waals surface area (Å²) in [4.78, 5) is 12.8. The summed E-state index contributed by atoms with van der Waals surface area (Å²) in [5.74, 6) is -0.224. The van der Waals surface area contributed by atoms with E-state index in [0.717, 1.165) is 57.8 Å². The molecule has 0 aromatic rings. The summed E-state index contributed by atoms with van der Waals surface area (Å²) in [6.45, 7) is 2.64. The predicted molar refractivity (Wildman–Crippen MR) is 166 cm³/mol. The SMILES string of the molecule is CCCCCCCCCC(=O)NC(COC1OC(CO)C(OC2OC(CO)C(O)C(O)C2O)C(O)C1O)C(O)CCCCCCC. The van der Waals surface area contributed by atoms with Gasteiger partial charge in [0.25, 0.3) is 0 Å². The summed E-state index contributed by atoms with van der Waals surface area (Å²) in [5, 5.41) is 85.4. The Bertz CT molecular complexity index is 806. The molecule has 2 fully saturated rings. The van der Waals surface area contributed by atoms with E-state index in [-0.39, 0.29) is 12.5 Å². The van der Waals surface area contributed by atoms with Gasteiger partial charge < -0.3 is 65.1 Å². The molecule has 0 spiro atoms. The highest BCUT2D eigenvalue weighted by molar-refractivity contribution is 5.76. The summed E-state index contributed by atoms with van der Waals surface area (Å²) >= 11 is 0. The quantitative estimate of drug-likeness (QED) is 0.0654. The molecule has 272 valence electrons. The molecule has 0 bridgehead atoms. The van der Waals surface area contributed by atoms with Crippen LogP contribution in [0.2, 0.25) is 0 Å². The number of carbonyl (C=O) groups is 1. The molecule has 0 aromatic heterocycles. The first kappa shape index (κ1) is 41.2. The summed E-state index contributed by atoms with van der Waals surface area (Å²) in [7, 11) is 0. The third-order valence-corrected chi connectivity index (χ3v) is 8.82. The largest absolute Gasteiger partial charge is 0.394 e. The molecule has 0 aliphatic carbocycles. The van der Waals surface area contributed by atoms with Crippen molar-refractivity contribution in [3.63, 3.8) is 0 Å². The average Bonchev–Trinajstić information content (AvgIpc) is 3.05. The van der Waals surface area contributed by atoms with Crippen LogP contribution in [0.3, 0.4) is 0 Å². The van der Waals surface area contributed by atoms with E-state index in [1.54, 1.807) is 0 Å². The zero-order valence-corrected chi connectivity index (χ0v) is 27.6. The second-order valence-electron chi connectivity index (χ2n) is 12.7. The van der Waals surface area contributed by atoms with Crippen molar-refractivity contribution in [2.75, 3.05) is 19.8 Å². The first-order valence-electron chi connectivity index (χ1n) is 17.3. The van der Waals surface area contributed by atoms with Crippen LogP contribution in [-0.2, 0) is 23.7 Å². The molecular formula is C32H61NO13. The molecule has 12 atom stereocenters. The van der Waals surface area contributed by atoms with Crippen molar-refractivity contribution in [2.45, 2.75) is 177 Å². The molecule has 1 amide bonds. The van der Waals surface area contributed by atoms with Gasteiger partial charge in [-0.25, -0.2) is 0 Å². The topological polar surface area (TPSA) is 228 Å². The number of hydrogen-bond acceptors (Lipinski definition) is 13. The maximum atomic E-state index is 12.8. The Morgan fingerprint density at radius 2 is 1.24 bits per heavy atom. The molecule has 0 radical (unpaired) electrons. The number of ether oxygens (including phenoxy) is 4. The highest BCUT2D eigenvalue weighted by atomic mass is 16.7. The molecule has 14 nitrogen and oxygen atoms in total. The molecule has 2 heterocycles. The fourth-order valence-corrected chi connectivity index (χ4v) is 5.82. The van der Waals surface area contributed by atoms with Gasteiger partial charge in [0.1, 0.15) is 48.8 Å². The van der Waals surface area contributed by atoms with E-state index in [4.69, 9.17) is 18.9 Å². The lowest BCUT2D eigenvalue weighted by molar-refractivity contribution is -0.359. The lowest BCUT2D eigenvalue weighted by atomic mass is 9.97. The second-order valence-corrected chi connectivity index (χ2v) is 12.7. The smallest absolute Gasteiger partial charge is 0.220 e. The Hall–Kier alpha value is -1.01. The Kier molecular flexibility index (Phi) is 20.2. The minimum absolute atomic E-state index is 0.224. The third-order valence-electron chi connectivity index (χ3n) is 8.82. The molecule has 0 saturated carbocycles. The maximum Gasteiger partial charge on any atom is 0.220 e. The number of nitrogens with one attached hydrogen (secondary N) is 1. The summed E-state index contributed by atoms with van der Waals surface area (Å²) in [5.41, 5.74) is 0. The average molecular weight is 668 g/mol. The van der Waals surface area contributed by atoms with Gasteiger partial charge in [-0.3, -0.25) is 4.79 Å². The fraction of sp³-hybridized carbons (Fsp3) is 0.969. The summed E-state index contributed by atoms with van der Waals surface area (Å²) in [6.07, 6.45) is -3.53. The van der Waals surface area contributed by atoms with Crippen LogP contribution in [0.25, 0.3) is 0 Å². The van der Waals surface area contributed by atoms with Crippen molar-refractivity contribution in [2.24, 2.45) is 0 Å². The van der Waals surface area contributed by atoms with Crippen molar-refractivity contribution < 1.29 is 64.6 Å². The number of aliphatic hydroxyl groups is 8. The third kappa shape index (κ3) is 13.1. The number of hydrogen-bond donors (Lipinski definition) is 9. The van der Waals surface area contributed by atoms with Gasteiger partial charge in [-0.2, -0.15) is 0 Å². The van der Waals surface area contributed by atoms with Crippen LogP contribution >= 0.6 is 0 Å². The number of unbranched alkanes of at least 4 members (excludes halogenated alkanes) is 10. The molecule has 2 aliphatic rings. The van der Waals surface area contributed by atoms with E-state index >= 15 is 0 Å². The van der Waals surface area contributed by atoms with E-state index < -0.39 is 86.8 Å². The molecule has 2 rings (SSSR count). The number of aliphatic hydroxyl groups excluding tert-OH is 8. The van der Waals surface area contributed by atoms with Crippen molar-refractivity contribution >= 4 is 5.91 Å². The summed E-state index contributed by atoms with van der Waals surface area (Å²) in [6, 6.07) is -0.813. The Balaban J connectivity index is 1.99. The van der Waals surface area contributed by atoms with Gasteiger partial charge in [0.15, 0.2) is 12.6 Å². The number of rotatable bonds is 23. The minimum Gasteiger partial charge on any atom is -0.394 e. The zero-order chi connectivity index (χ0) is 34.1. The van der Waals surface area contributed by atoms with Gasteiger partial charge >= 0.3 is 0 Å². The first-order valence-corrected chi connectivity index (χ1v) is 17.3. The van der Waals surface area contributed by atoms with Crippen molar-refractivity contribution in [3.05, 3.63) is 0 Å². The van der Waals surface area contributed by atoms with E-state index in [1.165, 1.54) is 19.3 Å². The lowest BCUT2D eigenvalue weighted by Gasteiger charge is -2.46. The van der Waals surface area contributed by atoms with Crippen molar-refractivity contribution in [3.8, 4) is 0 Å². The van der Waals surface area contributed by atoms with Gasteiger partial charge in [0, 0.05) is 6.42 Å². The minimum atomic E-state index is -1.77. The molecule has 9 N–H and O–H groups in total. The van der Waals surface area contributed by atoms with Gasteiger partial charge in [-0.05, 0) is 12.8 Å². The van der Waals surface area contributed by atoms with E-state index in [2.05, 4.69) is 19.2 Å². The van der Waals surface area contributed by atoms with Crippen LogP contribution < -0.4 is 5.32 Å². The van der Waals surface area contributed by atoms with E-state index in [0.29, 0.717) is 12.8 Å².